The summed E-state index contributed by atoms with van der Waals surface area (Å²) in [5.41, 5.74) is 0.710. The van der Waals surface area contributed by atoms with E-state index in [-0.39, 0.29) is 17.2 Å². The van der Waals surface area contributed by atoms with E-state index in [9.17, 15) is 9.59 Å². The third-order valence-electron chi connectivity index (χ3n) is 2.86. The van der Waals surface area contributed by atoms with Crippen LogP contribution in [0.4, 0.5) is 0 Å². The van der Waals surface area contributed by atoms with E-state index >= 15 is 0 Å². The summed E-state index contributed by atoms with van der Waals surface area (Å²) in [6.45, 7) is 2.09. The normalized spacial score (nSPS) is 10.3. The average molecular weight is 290 g/mol. The van der Waals surface area contributed by atoms with Crippen LogP contribution in [0.5, 0.6) is 0 Å². The minimum absolute atomic E-state index is 0.113. The molecule has 0 radical (unpaired) electrons. The van der Waals surface area contributed by atoms with Crippen molar-refractivity contribution in [1.29, 1.82) is 0 Å². The van der Waals surface area contributed by atoms with Gasteiger partial charge in [0.2, 0.25) is 0 Å². The SMILES string of the molecule is Cc1nc(C(=O)N(C)Cc2cccs2)ccc1C(=O)O. The molecule has 0 fully saturated rings. The summed E-state index contributed by atoms with van der Waals surface area (Å²) in [5.74, 6) is -1.26. The predicted molar refractivity (Wildman–Crippen MR) is 76.0 cm³/mol. The van der Waals surface area contributed by atoms with Crippen LogP contribution in [-0.2, 0) is 6.54 Å². The molecular weight excluding hydrogens is 276 g/mol. The molecular formula is C14H14N2O3S. The number of pyridine rings is 1. The second kappa shape index (κ2) is 5.83. The fraction of sp³-hybridized carbons (Fsp3) is 0.214. The lowest BCUT2D eigenvalue weighted by atomic mass is 10.2. The standard InChI is InChI=1S/C14H14N2O3S/c1-9-11(14(18)19)5-6-12(15-9)13(17)16(2)8-10-4-3-7-20-10/h3-7H,8H2,1-2H3,(H,18,19). The van der Waals surface area contributed by atoms with Crippen molar-refractivity contribution in [3.63, 3.8) is 0 Å². The first-order valence-corrected chi connectivity index (χ1v) is 6.86. The highest BCUT2D eigenvalue weighted by molar-refractivity contribution is 7.09. The first kappa shape index (κ1) is 14.2. The average Bonchev–Trinajstić information content (AvgIpc) is 2.90. The quantitative estimate of drug-likeness (QED) is 0.938. The van der Waals surface area contributed by atoms with Crippen LogP contribution in [0.3, 0.4) is 0 Å². The Morgan fingerprint density at radius 3 is 2.65 bits per heavy atom. The van der Waals surface area contributed by atoms with Crippen molar-refractivity contribution >= 4 is 23.2 Å². The molecule has 0 atom stereocenters. The molecule has 0 unspecified atom stereocenters. The van der Waals surface area contributed by atoms with E-state index in [1.807, 2.05) is 17.5 Å². The Bertz CT molecular complexity index is 638. The van der Waals surface area contributed by atoms with E-state index < -0.39 is 5.97 Å². The number of hydrogen-bond acceptors (Lipinski definition) is 4. The molecule has 5 nitrogen and oxygen atoms in total. The molecule has 1 N–H and O–H groups in total. The van der Waals surface area contributed by atoms with Crippen LogP contribution in [-0.4, -0.2) is 33.9 Å². The van der Waals surface area contributed by atoms with Gasteiger partial charge in [-0.25, -0.2) is 9.78 Å². The zero-order valence-corrected chi connectivity index (χ0v) is 12.0. The highest BCUT2D eigenvalue weighted by atomic mass is 32.1. The molecule has 20 heavy (non-hydrogen) atoms. The van der Waals surface area contributed by atoms with Gasteiger partial charge < -0.3 is 10.0 Å². The lowest BCUT2D eigenvalue weighted by molar-refractivity contribution is 0.0693. The first-order valence-electron chi connectivity index (χ1n) is 5.98. The van der Waals surface area contributed by atoms with E-state index in [1.165, 1.54) is 12.1 Å². The lowest BCUT2D eigenvalue weighted by Gasteiger charge is -2.16. The monoisotopic (exact) mass is 290 g/mol. The molecule has 0 spiro atoms. The molecule has 0 aliphatic carbocycles. The zero-order chi connectivity index (χ0) is 14.7. The van der Waals surface area contributed by atoms with Gasteiger partial charge in [-0.2, -0.15) is 0 Å². The van der Waals surface area contributed by atoms with Gasteiger partial charge in [0.25, 0.3) is 5.91 Å². The summed E-state index contributed by atoms with van der Waals surface area (Å²) in [4.78, 5) is 29.9. The summed E-state index contributed by atoms with van der Waals surface area (Å²) in [6, 6.07) is 6.75. The second-order valence-electron chi connectivity index (χ2n) is 4.38. The van der Waals surface area contributed by atoms with Gasteiger partial charge in [-0.1, -0.05) is 6.07 Å². The van der Waals surface area contributed by atoms with Crippen molar-refractivity contribution in [1.82, 2.24) is 9.88 Å². The molecule has 0 aromatic carbocycles. The molecule has 0 bridgehead atoms. The molecule has 2 aromatic rings. The van der Waals surface area contributed by atoms with Crippen molar-refractivity contribution < 1.29 is 14.7 Å². The minimum atomic E-state index is -1.04. The van der Waals surface area contributed by atoms with Crippen LogP contribution in [0.25, 0.3) is 0 Å². The lowest BCUT2D eigenvalue weighted by Crippen LogP contribution is -2.27. The number of aryl methyl sites for hydroxylation is 1. The predicted octanol–water partition coefficient (Wildman–Crippen LogP) is 2.42. The first-order chi connectivity index (χ1) is 9.49. The van der Waals surface area contributed by atoms with Gasteiger partial charge in [0, 0.05) is 11.9 Å². The summed E-state index contributed by atoms with van der Waals surface area (Å²) in [5, 5.41) is 10.9. The maximum atomic E-state index is 12.2. The van der Waals surface area contributed by atoms with Crippen LogP contribution >= 0.6 is 11.3 Å². The Morgan fingerprint density at radius 2 is 2.10 bits per heavy atom. The Kier molecular flexibility index (Phi) is 4.14. The summed E-state index contributed by atoms with van der Waals surface area (Å²) < 4.78 is 0. The highest BCUT2D eigenvalue weighted by Crippen LogP contribution is 2.13. The van der Waals surface area contributed by atoms with Gasteiger partial charge in [-0.05, 0) is 30.5 Å². The number of carboxylic acid groups (broad SMARTS) is 1. The van der Waals surface area contributed by atoms with Crippen LogP contribution in [0, 0.1) is 6.92 Å². The Morgan fingerprint density at radius 1 is 1.35 bits per heavy atom. The number of aromatic carboxylic acids is 1. The molecule has 1 amide bonds. The van der Waals surface area contributed by atoms with Crippen molar-refractivity contribution in [3.05, 3.63) is 51.5 Å². The largest absolute Gasteiger partial charge is 0.478 e. The van der Waals surface area contributed by atoms with Gasteiger partial charge >= 0.3 is 5.97 Å². The van der Waals surface area contributed by atoms with Crippen molar-refractivity contribution in [2.24, 2.45) is 0 Å². The number of carboxylic acids is 1. The number of thiophene rings is 1. The van der Waals surface area contributed by atoms with Gasteiger partial charge in [-0.3, -0.25) is 4.79 Å². The summed E-state index contributed by atoms with van der Waals surface area (Å²) >= 11 is 1.58. The van der Waals surface area contributed by atoms with E-state index in [1.54, 1.807) is 30.2 Å². The Balaban J connectivity index is 2.16. The molecule has 0 aliphatic heterocycles. The summed E-state index contributed by atoms with van der Waals surface area (Å²) in [6.07, 6.45) is 0. The van der Waals surface area contributed by atoms with Gasteiger partial charge in [0.05, 0.1) is 17.8 Å². The number of carbonyl (C=O) groups is 2. The fourth-order valence-corrected chi connectivity index (χ4v) is 2.57. The molecule has 104 valence electrons. The van der Waals surface area contributed by atoms with Gasteiger partial charge in [0.15, 0.2) is 0 Å². The van der Waals surface area contributed by atoms with Crippen LogP contribution in [0.1, 0.15) is 31.4 Å². The Labute approximate surface area is 120 Å². The van der Waals surface area contributed by atoms with E-state index in [0.717, 1.165) is 4.88 Å². The number of nitrogens with zero attached hydrogens (tertiary/aromatic N) is 2. The van der Waals surface area contributed by atoms with E-state index in [4.69, 9.17) is 5.11 Å². The molecule has 2 rings (SSSR count). The third-order valence-corrected chi connectivity index (χ3v) is 3.72. The minimum Gasteiger partial charge on any atom is -0.478 e. The van der Waals surface area contributed by atoms with Crippen molar-refractivity contribution in [2.75, 3.05) is 7.05 Å². The summed E-state index contributed by atoms with van der Waals surface area (Å²) in [7, 11) is 1.70. The van der Waals surface area contributed by atoms with E-state index in [2.05, 4.69) is 4.98 Å². The molecule has 0 saturated heterocycles. The molecule has 2 heterocycles. The molecule has 0 aliphatic rings. The Hall–Kier alpha value is -2.21. The van der Waals surface area contributed by atoms with Crippen molar-refractivity contribution in [3.8, 4) is 0 Å². The van der Waals surface area contributed by atoms with Gasteiger partial charge in [-0.15, -0.1) is 11.3 Å². The van der Waals surface area contributed by atoms with Gasteiger partial charge in [0.1, 0.15) is 5.69 Å². The van der Waals surface area contributed by atoms with Crippen molar-refractivity contribution in [2.45, 2.75) is 13.5 Å². The van der Waals surface area contributed by atoms with Crippen LogP contribution in [0.2, 0.25) is 0 Å². The highest BCUT2D eigenvalue weighted by Gasteiger charge is 2.16. The topological polar surface area (TPSA) is 70.5 Å². The number of carbonyl (C=O) groups excluding carboxylic acids is 1. The number of hydrogen-bond donors (Lipinski definition) is 1. The van der Waals surface area contributed by atoms with E-state index in [0.29, 0.717) is 12.2 Å². The molecule has 2 aromatic heterocycles. The van der Waals surface area contributed by atoms with Crippen LogP contribution < -0.4 is 0 Å². The number of amides is 1. The maximum Gasteiger partial charge on any atom is 0.337 e. The third kappa shape index (κ3) is 3.03. The fourth-order valence-electron chi connectivity index (χ4n) is 1.81. The second-order valence-corrected chi connectivity index (χ2v) is 5.41. The number of aromatic nitrogens is 1. The maximum absolute atomic E-state index is 12.2. The zero-order valence-electron chi connectivity index (χ0n) is 11.2. The number of rotatable bonds is 4. The molecule has 0 saturated carbocycles. The van der Waals surface area contributed by atoms with Crippen LogP contribution in [0.15, 0.2) is 29.6 Å². The smallest absolute Gasteiger partial charge is 0.337 e. The molecule has 6 heteroatoms.